The van der Waals surface area contributed by atoms with Crippen molar-refractivity contribution >= 4 is 32.4 Å². The van der Waals surface area contributed by atoms with Crippen LogP contribution in [0.2, 0.25) is 0 Å². The molecule has 11 rings (SSSR count). The summed E-state index contributed by atoms with van der Waals surface area (Å²) in [5.74, 6) is 0.693. The molecule has 0 N–H and O–H groups in total. The van der Waals surface area contributed by atoms with Gasteiger partial charge in [0.1, 0.15) is 0 Å². The molecule has 0 unspecified atom stereocenters. The van der Waals surface area contributed by atoms with Crippen LogP contribution in [0.25, 0.3) is 111 Å². The molecule has 0 aliphatic heterocycles. The lowest BCUT2D eigenvalue weighted by molar-refractivity contribution is 1.19. The summed E-state index contributed by atoms with van der Waals surface area (Å²) < 4.78 is 0. The molecule has 0 aliphatic rings. The quantitative estimate of drug-likeness (QED) is 0.152. The second-order valence-electron chi connectivity index (χ2n) is 15.2. The first-order chi connectivity index (χ1) is 29.7. The second-order valence-corrected chi connectivity index (χ2v) is 15.2. The maximum Gasteiger partial charge on any atom is 0.161 e. The van der Waals surface area contributed by atoms with E-state index in [0.717, 1.165) is 72.3 Å². The fourth-order valence-corrected chi connectivity index (χ4v) is 8.53. The minimum Gasteiger partial charge on any atom is -0.248 e. The Hall–Kier alpha value is -8.01. The summed E-state index contributed by atoms with van der Waals surface area (Å²) in [7, 11) is 0. The molecule has 9 aromatic carbocycles. The van der Waals surface area contributed by atoms with Crippen LogP contribution < -0.4 is 0 Å². The molecule has 0 atom stereocenters. The molecule has 2 aromatic heterocycles. The van der Waals surface area contributed by atoms with Gasteiger partial charge in [0.25, 0.3) is 0 Å². The van der Waals surface area contributed by atoms with Crippen molar-refractivity contribution in [3.8, 4) is 78.5 Å². The molecule has 0 bridgehead atoms. The first-order valence-electron chi connectivity index (χ1n) is 20.3. The predicted octanol–water partition coefficient (Wildman–Crippen LogP) is 15.0. The first kappa shape index (κ1) is 35.2. The lowest BCUT2D eigenvalue weighted by Gasteiger charge is -2.15. The van der Waals surface area contributed by atoms with Gasteiger partial charge < -0.3 is 0 Å². The summed E-state index contributed by atoms with van der Waals surface area (Å²) >= 11 is 0. The van der Waals surface area contributed by atoms with Crippen LogP contribution in [0.4, 0.5) is 0 Å². The number of aromatic nitrogens is 3. The van der Waals surface area contributed by atoms with Gasteiger partial charge in [-0.2, -0.15) is 0 Å². The Bertz CT molecular complexity index is 3340. The highest BCUT2D eigenvalue weighted by Crippen LogP contribution is 2.39. The normalized spacial score (nSPS) is 11.3. The molecule has 0 saturated heterocycles. The van der Waals surface area contributed by atoms with E-state index >= 15 is 0 Å². The van der Waals surface area contributed by atoms with Crippen molar-refractivity contribution in [2.24, 2.45) is 0 Å². The van der Waals surface area contributed by atoms with Crippen LogP contribution in [0.5, 0.6) is 0 Å². The van der Waals surface area contributed by atoms with Gasteiger partial charge in [0, 0.05) is 27.6 Å². The number of hydrogen-bond acceptors (Lipinski definition) is 3. The zero-order valence-corrected chi connectivity index (χ0v) is 32.7. The zero-order chi connectivity index (χ0) is 39.8. The molecule has 280 valence electrons. The lowest BCUT2D eigenvalue weighted by atomic mass is 9.92. The average molecular weight is 764 g/mol. The van der Waals surface area contributed by atoms with E-state index in [1.54, 1.807) is 0 Å². The van der Waals surface area contributed by atoms with Crippen LogP contribution in [-0.2, 0) is 0 Å². The molecule has 11 aromatic rings. The Kier molecular flexibility index (Phi) is 8.83. The van der Waals surface area contributed by atoms with E-state index in [1.165, 1.54) is 32.8 Å². The molecule has 0 spiro atoms. The van der Waals surface area contributed by atoms with Crippen molar-refractivity contribution in [2.75, 3.05) is 0 Å². The summed E-state index contributed by atoms with van der Waals surface area (Å²) in [5.41, 5.74) is 14.8. The SMILES string of the molecule is c1ccc(-c2cccc(-c3cc(-c4ccccc4)nc(-c4ccc(-c5ccc(-c6cc(-c7ccccc7)c7c(ccc8ccccc87)n6)cc5)c5ccccc45)n3)c2)cc1. The summed E-state index contributed by atoms with van der Waals surface area (Å²) in [6.07, 6.45) is 0. The summed E-state index contributed by atoms with van der Waals surface area (Å²) in [6, 6.07) is 79.2. The number of hydrogen-bond donors (Lipinski definition) is 0. The molecule has 0 amide bonds. The molecule has 2 heterocycles. The lowest BCUT2D eigenvalue weighted by Crippen LogP contribution is -1.97. The summed E-state index contributed by atoms with van der Waals surface area (Å²) in [5, 5.41) is 5.85. The largest absolute Gasteiger partial charge is 0.248 e. The van der Waals surface area contributed by atoms with Crippen molar-refractivity contribution in [1.82, 2.24) is 15.0 Å². The van der Waals surface area contributed by atoms with Crippen LogP contribution in [0, 0.1) is 0 Å². The molecule has 0 radical (unpaired) electrons. The summed E-state index contributed by atoms with van der Waals surface area (Å²) in [4.78, 5) is 15.8. The fraction of sp³-hybridized carbons (Fsp3) is 0. The van der Waals surface area contributed by atoms with Crippen LogP contribution in [0.15, 0.2) is 224 Å². The molecule has 60 heavy (non-hydrogen) atoms. The maximum atomic E-state index is 5.28. The van der Waals surface area contributed by atoms with Crippen LogP contribution in [-0.4, -0.2) is 15.0 Å². The van der Waals surface area contributed by atoms with E-state index in [9.17, 15) is 0 Å². The Morgan fingerprint density at radius 1 is 0.250 bits per heavy atom. The predicted molar refractivity (Wildman–Crippen MR) is 250 cm³/mol. The van der Waals surface area contributed by atoms with E-state index in [1.807, 2.05) is 12.1 Å². The van der Waals surface area contributed by atoms with Gasteiger partial charge in [0.2, 0.25) is 0 Å². The topological polar surface area (TPSA) is 38.7 Å². The maximum absolute atomic E-state index is 5.28. The van der Waals surface area contributed by atoms with Crippen molar-refractivity contribution < 1.29 is 0 Å². The molecule has 0 fully saturated rings. The van der Waals surface area contributed by atoms with Crippen molar-refractivity contribution in [2.45, 2.75) is 0 Å². The van der Waals surface area contributed by atoms with E-state index in [-0.39, 0.29) is 0 Å². The minimum atomic E-state index is 0.693. The third-order valence-corrected chi connectivity index (χ3v) is 11.5. The molecule has 0 aliphatic carbocycles. The van der Waals surface area contributed by atoms with Gasteiger partial charge in [-0.25, -0.2) is 15.0 Å². The Labute approximate surface area is 349 Å². The number of benzene rings is 9. The monoisotopic (exact) mass is 763 g/mol. The minimum absolute atomic E-state index is 0.693. The first-order valence-corrected chi connectivity index (χ1v) is 20.3. The van der Waals surface area contributed by atoms with Crippen LogP contribution in [0.3, 0.4) is 0 Å². The molecule has 0 saturated carbocycles. The van der Waals surface area contributed by atoms with Gasteiger partial charge in [-0.05, 0) is 85.3 Å². The Morgan fingerprint density at radius 3 is 1.48 bits per heavy atom. The zero-order valence-electron chi connectivity index (χ0n) is 32.7. The van der Waals surface area contributed by atoms with Crippen LogP contribution >= 0.6 is 0 Å². The Balaban J connectivity index is 1.00. The standard InChI is InChI=1S/C57H37N3/c1-4-15-38(16-5-1)44-22-14-23-45(35-44)55-37-54(42-20-8-3-9-21-42)59-57(60-55)50-33-32-46(48-25-12-13-26-49(48)50)41-27-29-43(30-28-41)53-36-51(39-17-6-2-7-18-39)56-47-24-11-10-19-40(47)31-34-52(56)58-53/h1-37H. The van der Waals surface area contributed by atoms with Gasteiger partial charge in [-0.1, -0.05) is 194 Å². The third kappa shape index (κ3) is 6.49. The molecular weight excluding hydrogens is 727 g/mol. The highest BCUT2D eigenvalue weighted by molar-refractivity contribution is 6.14. The van der Waals surface area contributed by atoms with E-state index in [2.05, 4.69) is 212 Å². The van der Waals surface area contributed by atoms with E-state index < -0.39 is 0 Å². The van der Waals surface area contributed by atoms with Crippen LogP contribution in [0.1, 0.15) is 0 Å². The van der Waals surface area contributed by atoms with Crippen molar-refractivity contribution in [1.29, 1.82) is 0 Å². The van der Waals surface area contributed by atoms with Gasteiger partial charge in [0.05, 0.1) is 22.6 Å². The van der Waals surface area contributed by atoms with Crippen molar-refractivity contribution in [3.63, 3.8) is 0 Å². The fourth-order valence-electron chi connectivity index (χ4n) is 8.53. The number of fused-ring (bicyclic) bond motifs is 4. The average Bonchev–Trinajstić information content (AvgIpc) is 3.34. The molecule has 3 heteroatoms. The van der Waals surface area contributed by atoms with Crippen molar-refractivity contribution in [3.05, 3.63) is 224 Å². The smallest absolute Gasteiger partial charge is 0.161 e. The second kappa shape index (κ2) is 15.1. The summed E-state index contributed by atoms with van der Waals surface area (Å²) in [6.45, 7) is 0. The van der Waals surface area contributed by atoms with E-state index in [0.29, 0.717) is 5.82 Å². The number of nitrogens with zero attached hydrogens (tertiary/aromatic N) is 3. The third-order valence-electron chi connectivity index (χ3n) is 11.5. The molecular formula is C57H37N3. The molecule has 3 nitrogen and oxygen atoms in total. The van der Waals surface area contributed by atoms with Gasteiger partial charge in [-0.15, -0.1) is 0 Å². The van der Waals surface area contributed by atoms with E-state index in [4.69, 9.17) is 15.0 Å². The van der Waals surface area contributed by atoms with Gasteiger partial charge >= 0.3 is 0 Å². The number of rotatable bonds is 7. The number of pyridine rings is 1. The van der Waals surface area contributed by atoms with Gasteiger partial charge in [0.15, 0.2) is 5.82 Å². The highest BCUT2D eigenvalue weighted by Gasteiger charge is 2.17. The van der Waals surface area contributed by atoms with Gasteiger partial charge in [-0.3, -0.25) is 0 Å². The highest BCUT2D eigenvalue weighted by atomic mass is 14.9. The Morgan fingerprint density at radius 2 is 0.750 bits per heavy atom.